The summed E-state index contributed by atoms with van der Waals surface area (Å²) in [7, 11) is -3.74. The van der Waals surface area contributed by atoms with Crippen molar-refractivity contribution in [2.45, 2.75) is 28.7 Å². The molecule has 0 saturated carbocycles. The molecule has 0 aliphatic carbocycles. The Hall–Kier alpha value is -2.41. The van der Waals surface area contributed by atoms with Crippen LogP contribution < -0.4 is 15.8 Å². The Morgan fingerprint density at radius 2 is 2.03 bits per heavy atom. The number of anilines is 1. The molecule has 0 spiro atoms. The summed E-state index contributed by atoms with van der Waals surface area (Å²) in [5, 5.41) is 19.8. The van der Waals surface area contributed by atoms with Gasteiger partial charge < -0.3 is 15.1 Å². The topological polar surface area (TPSA) is 140 Å². The highest BCUT2D eigenvalue weighted by Crippen LogP contribution is 2.26. The van der Waals surface area contributed by atoms with Gasteiger partial charge in [-0.3, -0.25) is 4.79 Å². The van der Waals surface area contributed by atoms with Crippen molar-refractivity contribution in [3.63, 3.8) is 0 Å². The van der Waals surface area contributed by atoms with Crippen LogP contribution in [-0.2, 0) is 21.4 Å². The van der Waals surface area contributed by atoms with Crippen LogP contribution in [0, 0.1) is 0 Å². The Morgan fingerprint density at radius 1 is 1.28 bits per heavy atom. The standard InChI is InChI=1S/C17H19N5O4S3/c1-11(12-4-6-14(7-5-12)29(18,24)25)20-15(23)10-27-17-22-21-16(28-17)19-9-13-3-2-8-26-13/h2-8,11H,9-10H2,1H3,(H,19,21)(H,20,23)(H2,18,24,25)/t11-/m1/s1. The smallest absolute Gasteiger partial charge is 0.238 e. The van der Waals surface area contributed by atoms with Gasteiger partial charge in [-0.15, -0.1) is 10.2 Å². The van der Waals surface area contributed by atoms with Crippen molar-refractivity contribution in [2.75, 3.05) is 11.1 Å². The molecule has 9 nitrogen and oxygen atoms in total. The molecule has 2 aromatic heterocycles. The molecule has 0 radical (unpaired) electrons. The average Bonchev–Trinajstić information content (AvgIpc) is 3.36. The second-order valence-corrected chi connectivity index (χ2v) is 9.76. The third-order valence-corrected chi connectivity index (χ3v) is 6.76. The first-order valence-corrected chi connectivity index (χ1v) is 11.8. The van der Waals surface area contributed by atoms with E-state index in [4.69, 9.17) is 9.56 Å². The molecule has 0 aliphatic heterocycles. The third kappa shape index (κ3) is 6.29. The Bertz CT molecular complexity index is 1050. The molecule has 2 heterocycles. The van der Waals surface area contributed by atoms with Gasteiger partial charge in [0, 0.05) is 0 Å². The third-order valence-electron chi connectivity index (χ3n) is 3.81. The summed E-state index contributed by atoms with van der Waals surface area (Å²) in [6.07, 6.45) is 1.60. The van der Waals surface area contributed by atoms with Crippen molar-refractivity contribution in [3.05, 3.63) is 54.0 Å². The number of aromatic nitrogens is 2. The summed E-state index contributed by atoms with van der Waals surface area (Å²) in [4.78, 5) is 12.2. The number of nitrogens with one attached hydrogen (secondary N) is 2. The van der Waals surface area contributed by atoms with Crippen molar-refractivity contribution < 1.29 is 17.6 Å². The zero-order valence-electron chi connectivity index (χ0n) is 15.4. The number of sulfonamides is 1. The highest BCUT2D eigenvalue weighted by atomic mass is 32.2. The highest BCUT2D eigenvalue weighted by Gasteiger charge is 2.13. The summed E-state index contributed by atoms with van der Waals surface area (Å²) in [5.74, 6) is 0.810. The maximum absolute atomic E-state index is 12.2. The minimum absolute atomic E-state index is 0.0306. The van der Waals surface area contributed by atoms with Gasteiger partial charge in [0.05, 0.1) is 29.5 Å². The largest absolute Gasteiger partial charge is 0.467 e. The first-order chi connectivity index (χ1) is 13.8. The highest BCUT2D eigenvalue weighted by molar-refractivity contribution is 8.01. The zero-order valence-corrected chi connectivity index (χ0v) is 17.8. The predicted octanol–water partition coefficient (Wildman–Crippen LogP) is 2.36. The van der Waals surface area contributed by atoms with E-state index in [-0.39, 0.29) is 22.6 Å². The van der Waals surface area contributed by atoms with Gasteiger partial charge in [-0.2, -0.15) is 0 Å². The van der Waals surface area contributed by atoms with Crippen molar-refractivity contribution in [1.82, 2.24) is 15.5 Å². The van der Waals surface area contributed by atoms with E-state index < -0.39 is 10.0 Å². The van der Waals surface area contributed by atoms with Gasteiger partial charge in [0.2, 0.25) is 21.1 Å². The molecule has 0 bridgehead atoms. The SMILES string of the molecule is C[C@@H](NC(=O)CSc1nnc(NCc2ccco2)s1)c1ccc(S(N)(=O)=O)cc1. The van der Waals surface area contributed by atoms with E-state index in [9.17, 15) is 13.2 Å². The fourth-order valence-corrected chi connectivity index (χ4v) is 4.43. The van der Waals surface area contributed by atoms with Gasteiger partial charge in [-0.25, -0.2) is 13.6 Å². The molecular weight excluding hydrogens is 434 g/mol. The molecule has 0 fully saturated rings. The number of rotatable bonds is 9. The Balaban J connectivity index is 1.46. The van der Waals surface area contributed by atoms with Gasteiger partial charge in [0.1, 0.15) is 5.76 Å². The number of hydrogen-bond donors (Lipinski definition) is 3. The van der Waals surface area contributed by atoms with E-state index in [1.165, 1.54) is 35.2 Å². The Morgan fingerprint density at radius 3 is 2.69 bits per heavy atom. The van der Waals surface area contributed by atoms with E-state index in [2.05, 4.69) is 20.8 Å². The summed E-state index contributed by atoms with van der Waals surface area (Å²) in [6, 6.07) is 9.47. The molecule has 1 amide bonds. The lowest BCUT2D eigenvalue weighted by Crippen LogP contribution is -2.28. The van der Waals surface area contributed by atoms with Gasteiger partial charge in [-0.05, 0) is 36.8 Å². The number of nitrogens with zero attached hydrogens (tertiary/aromatic N) is 2. The fourth-order valence-electron chi connectivity index (χ4n) is 2.36. The number of benzene rings is 1. The van der Waals surface area contributed by atoms with Gasteiger partial charge in [-0.1, -0.05) is 35.2 Å². The van der Waals surface area contributed by atoms with Crippen LogP contribution in [-0.4, -0.2) is 30.3 Å². The molecular formula is C17H19N5O4S3. The summed E-state index contributed by atoms with van der Waals surface area (Å²) in [6.45, 7) is 2.32. The van der Waals surface area contributed by atoms with Crippen LogP contribution in [0.1, 0.15) is 24.3 Å². The maximum Gasteiger partial charge on any atom is 0.238 e. The Labute approximate surface area is 176 Å². The van der Waals surface area contributed by atoms with E-state index in [1.54, 1.807) is 18.4 Å². The van der Waals surface area contributed by atoms with Crippen molar-refractivity contribution in [1.29, 1.82) is 0 Å². The number of thioether (sulfide) groups is 1. The lowest BCUT2D eigenvalue weighted by molar-refractivity contribution is -0.119. The number of amides is 1. The van der Waals surface area contributed by atoms with E-state index in [1.807, 2.05) is 19.1 Å². The van der Waals surface area contributed by atoms with Crippen LogP contribution in [0.15, 0.2) is 56.3 Å². The average molecular weight is 454 g/mol. The van der Waals surface area contributed by atoms with Crippen LogP contribution >= 0.6 is 23.1 Å². The van der Waals surface area contributed by atoms with Crippen LogP contribution in [0.4, 0.5) is 5.13 Å². The van der Waals surface area contributed by atoms with Gasteiger partial charge in [0.15, 0.2) is 4.34 Å². The van der Waals surface area contributed by atoms with Crippen LogP contribution in [0.3, 0.4) is 0 Å². The first-order valence-electron chi connectivity index (χ1n) is 8.46. The van der Waals surface area contributed by atoms with Gasteiger partial charge >= 0.3 is 0 Å². The number of nitrogens with two attached hydrogens (primary N) is 1. The first kappa shape index (κ1) is 21.3. The predicted molar refractivity (Wildman–Crippen MR) is 111 cm³/mol. The summed E-state index contributed by atoms with van der Waals surface area (Å²) >= 11 is 2.64. The maximum atomic E-state index is 12.2. The monoisotopic (exact) mass is 453 g/mol. The lowest BCUT2D eigenvalue weighted by atomic mass is 10.1. The summed E-state index contributed by atoms with van der Waals surface area (Å²) in [5.41, 5.74) is 0.774. The van der Waals surface area contributed by atoms with Crippen molar-refractivity contribution in [3.8, 4) is 0 Å². The Kier molecular flexibility index (Phi) is 6.90. The van der Waals surface area contributed by atoms with E-state index in [0.717, 1.165) is 11.3 Å². The summed E-state index contributed by atoms with van der Waals surface area (Å²) < 4.78 is 28.5. The molecule has 29 heavy (non-hydrogen) atoms. The van der Waals surface area contributed by atoms with Crippen molar-refractivity contribution in [2.24, 2.45) is 5.14 Å². The molecule has 0 aliphatic rings. The molecule has 3 rings (SSSR count). The minimum Gasteiger partial charge on any atom is -0.467 e. The normalized spacial score (nSPS) is 12.5. The van der Waals surface area contributed by atoms with Crippen molar-refractivity contribution >= 4 is 44.2 Å². The molecule has 1 aromatic carbocycles. The quantitative estimate of drug-likeness (QED) is 0.419. The second-order valence-electron chi connectivity index (χ2n) is 6.00. The molecule has 3 aromatic rings. The van der Waals surface area contributed by atoms with Crippen LogP contribution in [0.2, 0.25) is 0 Å². The molecule has 12 heteroatoms. The number of hydrogen-bond acceptors (Lipinski definition) is 9. The lowest BCUT2D eigenvalue weighted by Gasteiger charge is -2.14. The number of carbonyl (C=O) groups is 1. The fraction of sp³-hybridized carbons (Fsp3) is 0.235. The van der Waals surface area contributed by atoms with Crippen LogP contribution in [0.25, 0.3) is 0 Å². The zero-order chi connectivity index (χ0) is 20.9. The number of primary sulfonamides is 1. The molecule has 154 valence electrons. The molecule has 4 N–H and O–H groups in total. The second kappa shape index (κ2) is 9.39. The number of carbonyl (C=O) groups excluding carboxylic acids is 1. The number of furan rings is 1. The molecule has 0 unspecified atom stereocenters. The molecule has 1 atom stereocenters. The van der Waals surface area contributed by atoms with Crippen LogP contribution in [0.5, 0.6) is 0 Å². The van der Waals surface area contributed by atoms with Gasteiger partial charge in [0.25, 0.3) is 0 Å². The minimum atomic E-state index is -3.74. The molecule has 0 saturated heterocycles. The van der Waals surface area contributed by atoms with E-state index in [0.29, 0.717) is 16.0 Å². The van der Waals surface area contributed by atoms with E-state index >= 15 is 0 Å².